The van der Waals surface area contributed by atoms with Gasteiger partial charge in [-0.15, -0.1) is 0 Å². The number of hydrogen-bond acceptors (Lipinski definition) is 3. The molecular formula is C13H15BrN2OS. The van der Waals surface area contributed by atoms with E-state index in [0.717, 1.165) is 29.2 Å². The van der Waals surface area contributed by atoms with Gasteiger partial charge in [-0.2, -0.15) is 12.6 Å². The fourth-order valence-corrected chi connectivity index (χ4v) is 2.28. The van der Waals surface area contributed by atoms with Crippen LogP contribution in [0.25, 0.3) is 11.0 Å². The van der Waals surface area contributed by atoms with Crippen molar-refractivity contribution in [1.29, 1.82) is 0 Å². The monoisotopic (exact) mass is 326 g/mol. The molecule has 1 aromatic carbocycles. The molecule has 0 aliphatic carbocycles. The Morgan fingerprint density at radius 2 is 2.22 bits per heavy atom. The highest BCUT2D eigenvalue weighted by molar-refractivity contribution is 9.09. The van der Waals surface area contributed by atoms with E-state index in [1.165, 1.54) is 0 Å². The summed E-state index contributed by atoms with van der Waals surface area (Å²) in [4.78, 5) is 19.3. The number of hydrogen-bond donors (Lipinski definition) is 2. The van der Waals surface area contributed by atoms with Crippen molar-refractivity contribution in [3.05, 3.63) is 30.1 Å². The van der Waals surface area contributed by atoms with E-state index in [-0.39, 0.29) is 5.78 Å². The Balaban J connectivity index is 1.96. The third kappa shape index (κ3) is 3.36. The van der Waals surface area contributed by atoms with E-state index in [1.54, 1.807) is 0 Å². The van der Waals surface area contributed by atoms with Crippen molar-refractivity contribution in [2.75, 3.05) is 5.33 Å². The Kier molecular flexibility index (Phi) is 4.83. The standard InChI is InChI=1S/C13H15BrN2OS/c14-8-9(18)4-3-7-12(17)13-15-10-5-1-2-6-11(10)16-13/h1-2,5-6,9,18H,3-4,7-8H2,(H,15,16). The van der Waals surface area contributed by atoms with Gasteiger partial charge < -0.3 is 4.98 Å². The van der Waals surface area contributed by atoms with E-state index >= 15 is 0 Å². The summed E-state index contributed by atoms with van der Waals surface area (Å²) in [6, 6.07) is 7.67. The minimum Gasteiger partial charge on any atom is -0.335 e. The quantitative estimate of drug-likeness (QED) is 0.484. The number of H-pyrrole nitrogens is 1. The smallest absolute Gasteiger partial charge is 0.198 e. The van der Waals surface area contributed by atoms with Crippen LogP contribution in [0.4, 0.5) is 0 Å². The van der Waals surface area contributed by atoms with Gasteiger partial charge in [0.05, 0.1) is 11.0 Å². The summed E-state index contributed by atoms with van der Waals surface area (Å²) >= 11 is 7.75. The van der Waals surface area contributed by atoms with E-state index in [0.29, 0.717) is 17.5 Å². The Hall–Kier alpha value is -0.810. The van der Waals surface area contributed by atoms with Crippen LogP contribution in [0.2, 0.25) is 0 Å². The first-order chi connectivity index (χ1) is 8.70. The largest absolute Gasteiger partial charge is 0.335 e. The molecule has 18 heavy (non-hydrogen) atoms. The number of benzene rings is 1. The second-order valence-electron chi connectivity index (χ2n) is 4.23. The zero-order chi connectivity index (χ0) is 13.0. The second-order valence-corrected chi connectivity index (χ2v) is 5.60. The topological polar surface area (TPSA) is 45.8 Å². The SMILES string of the molecule is O=C(CCCC(S)CBr)c1nc2ccccc2[nH]1. The summed E-state index contributed by atoms with van der Waals surface area (Å²) < 4.78 is 0. The lowest BCUT2D eigenvalue weighted by atomic mass is 10.1. The van der Waals surface area contributed by atoms with E-state index in [9.17, 15) is 4.79 Å². The highest BCUT2D eigenvalue weighted by atomic mass is 79.9. The maximum Gasteiger partial charge on any atom is 0.198 e. The fourth-order valence-electron chi connectivity index (χ4n) is 1.78. The van der Waals surface area contributed by atoms with Gasteiger partial charge in [0.2, 0.25) is 0 Å². The van der Waals surface area contributed by atoms with E-state index in [1.807, 2.05) is 24.3 Å². The summed E-state index contributed by atoms with van der Waals surface area (Å²) in [5.74, 6) is 0.534. The average molecular weight is 327 g/mol. The highest BCUT2D eigenvalue weighted by Gasteiger charge is 2.11. The number of aromatic amines is 1. The molecule has 1 N–H and O–H groups in total. The van der Waals surface area contributed by atoms with Crippen molar-refractivity contribution in [3.63, 3.8) is 0 Å². The molecule has 0 fully saturated rings. The lowest BCUT2D eigenvalue weighted by Gasteiger charge is -2.04. The summed E-state index contributed by atoms with van der Waals surface area (Å²) in [7, 11) is 0. The van der Waals surface area contributed by atoms with Crippen LogP contribution in [0.3, 0.4) is 0 Å². The predicted molar refractivity (Wildman–Crippen MR) is 80.8 cm³/mol. The number of thiol groups is 1. The van der Waals surface area contributed by atoms with Gasteiger partial charge in [-0.1, -0.05) is 28.1 Å². The molecule has 0 saturated heterocycles. The number of para-hydroxylation sites is 2. The number of ketones is 1. The number of rotatable bonds is 6. The number of carbonyl (C=O) groups is 1. The first-order valence-electron chi connectivity index (χ1n) is 5.92. The maximum atomic E-state index is 12.0. The third-order valence-corrected chi connectivity index (χ3v) is 4.50. The second kappa shape index (κ2) is 6.38. The van der Waals surface area contributed by atoms with Crippen LogP contribution in [0.5, 0.6) is 0 Å². The third-order valence-electron chi connectivity index (χ3n) is 2.77. The molecule has 0 amide bonds. The molecule has 3 nitrogen and oxygen atoms in total. The Morgan fingerprint density at radius 3 is 2.94 bits per heavy atom. The van der Waals surface area contributed by atoms with Crippen LogP contribution >= 0.6 is 28.6 Å². The number of nitrogens with zero attached hydrogens (tertiary/aromatic N) is 1. The van der Waals surface area contributed by atoms with Crippen molar-refractivity contribution < 1.29 is 4.79 Å². The van der Waals surface area contributed by atoms with Crippen molar-refractivity contribution in [2.45, 2.75) is 24.5 Å². The zero-order valence-corrected chi connectivity index (χ0v) is 12.4. The molecule has 96 valence electrons. The number of halogens is 1. The van der Waals surface area contributed by atoms with Crippen molar-refractivity contribution in [2.24, 2.45) is 0 Å². The fraction of sp³-hybridized carbons (Fsp3) is 0.385. The Morgan fingerprint density at radius 1 is 1.44 bits per heavy atom. The van der Waals surface area contributed by atoms with Crippen molar-refractivity contribution >= 4 is 45.4 Å². The lowest BCUT2D eigenvalue weighted by molar-refractivity contribution is 0.0970. The number of alkyl halides is 1. The summed E-state index contributed by atoms with van der Waals surface area (Å²) in [6.07, 6.45) is 2.29. The number of Topliss-reactive ketones (excluding diaryl/α,β-unsaturated/α-hetero) is 1. The molecule has 1 heterocycles. The van der Waals surface area contributed by atoms with Gasteiger partial charge in [0.25, 0.3) is 0 Å². The van der Waals surface area contributed by atoms with Gasteiger partial charge in [-0.05, 0) is 25.0 Å². The normalized spacial score (nSPS) is 12.8. The van der Waals surface area contributed by atoms with Gasteiger partial charge >= 0.3 is 0 Å². The van der Waals surface area contributed by atoms with Crippen LogP contribution < -0.4 is 0 Å². The molecule has 0 aliphatic rings. The first kappa shape index (κ1) is 13.6. The molecule has 0 aliphatic heterocycles. The van der Waals surface area contributed by atoms with Gasteiger partial charge in [0, 0.05) is 17.0 Å². The minimum absolute atomic E-state index is 0.0707. The molecule has 1 aromatic heterocycles. The van der Waals surface area contributed by atoms with E-state index in [2.05, 4.69) is 38.5 Å². The number of imidazole rings is 1. The Bertz CT molecular complexity index is 508. The average Bonchev–Trinajstić information content (AvgIpc) is 2.82. The molecule has 0 saturated carbocycles. The van der Waals surface area contributed by atoms with Crippen LogP contribution in [-0.2, 0) is 0 Å². The molecule has 0 radical (unpaired) electrons. The number of aromatic nitrogens is 2. The first-order valence-corrected chi connectivity index (χ1v) is 7.56. The zero-order valence-electron chi connectivity index (χ0n) is 9.90. The maximum absolute atomic E-state index is 12.0. The van der Waals surface area contributed by atoms with Crippen molar-refractivity contribution in [1.82, 2.24) is 9.97 Å². The predicted octanol–water partition coefficient (Wildman–Crippen LogP) is 3.61. The van der Waals surface area contributed by atoms with E-state index in [4.69, 9.17) is 0 Å². The van der Waals surface area contributed by atoms with Crippen LogP contribution in [0, 0.1) is 0 Å². The summed E-state index contributed by atoms with van der Waals surface area (Å²) in [6.45, 7) is 0. The molecule has 1 unspecified atom stereocenters. The van der Waals surface area contributed by atoms with Crippen molar-refractivity contribution in [3.8, 4) is 0 Å². The summed E-state index contributed by atoms with van der Waals surface area (Å²) in [5.41, 5.74) is 1.75. The van der Waals surface area contributed by atoms with Gasteiger partial charge in [-0.3, -0.25) is 4.79 Å². The highest BCUT2D eigenvalue weighted by Crippen LogP contribution is 2.14. The molecule has 0 spiro atoms. The van der Waals surface area contributed by atoms with Crippen LogP contribution in [0.1, 0.15) is 29.9 Å². The molecule has 0 bridgehead atoms. The van der Waals surface area contributed by atoms with Crippen LogP contribution in [-0.4, -0.2) is 26.3 Å². The van der Waals surface area contributed by atoms with Gasteiger partial charge in [0.15, 0.2) is 11.6 Å². The van der Waals surface area contributed by atoms with Crippen LogP contribution in [0.15, 0.2) is 24.3 Å². The number of nitrogens with one attached hydrogen (secondary N) is 1. The minimum atomic E-state index is 0.0707. The molecule has 2 aromatic rings. The molecule has 1 atom stereocenters. The molecule has 2 rings (SSSR count). The molecular weight excluding hydrogens is 312 g/mol. The van der Waals surface area contributed by atoms with Gasteiger partial charge in [0.1, 0.15) is 0 Å². The molecule has 5 heteroatoms. The Labute approximate surface area is 120 Å². The lowest BCUT2D eigenvalue weighted by Crippen LogP contribution is -2.05. The van der Waals surface area contributed by atoms with Gasteiger partial charge in [-0.25, -0.2) is 4.98 Å². The number of carbonyl (C=O) groups excluding carboxylic acids is 1. The summed E-state index contributed by atoms with van der Waals surface area (Å²) in [5, 5.41) is 1.17. The van der Waals surface area contributed by atoms with E-state index < -0.39 is 0 Å². The number of fused-ring (bicyclic) bond motifs is 1.